The first kappa shape index (κ1) is 18.4. The molecular formula is C21H21ClO4S. The first-order chi connectivity index (χ1) is 12.9. The number of esters is 1. The Hall–Kier alpha value is -1.98. The summed E-state index contributed by atoms with van der Waals surface area (Å²) < 4.78 is 6.03. The lowest BCUT2D eigenvalue weighted by Gasteiger charge is -2.28. The Morgan fingerprint density at radius 2 is 1.93 bits per heavy atom. The Kier molecular flexibility index (Phi) is 4.68. The van der Waals surface area contributed by atoms with Crippen LogP contribution in [-0.2, 0) is 15.1 Å². The highest BCUT2D eigenvalue weighted by Gasteiger charge is 2.48. The second-order valence-electron chi connectivity index (χ2n) is 7.40. The number of aliphatic hydroxyl groups excluding tert-OH is 2. The minimum Gasteiger partial charge on any atom is -0.505 e. The van der Waals surface area contributed by atoms with Crippen LogP contribution in [0.25, 0.3) is 11.1 Å². The molecule has 0 bridgehead atoms. The summed E-state index contributed by atoms with van der Waals surface area (Å²) in [4.78, 5) is 11.8. The van der Waals surface area contributed by atoms with Crippen LogP contribution in [0.2, 0.25) is 4.34 Å². The van der Waals surface area contributed by atoms with Gasteiger partial charge in [0.25, 0.3) is 0 Å². The monoisotopic (exact) mass is 404 g/mol. The number of cyclic esters (lactones) is 1. The Balaban J connectivity index is 1.85. The van der Waals surface area contributed by atoms with E-state index in [-0.39, 0.29) is 0 Å². The van der Waals surface area contributed by atoms with E-state index in [0.29, 0.717) is 15.8 Å². The maximum Gasteiger partial charge on any atom is 0.378 e. The van der Waals surface area contributed by atoms with Gasteiger partial charge in [0.05, 0.1) is 4.34 Å². The normalized spacial score (nSPS) is 23.7. The molecule has 142 valence electrons. The van der Waals surface area contributed by atoms with E-state index in [1.165, 1.54) is 49.0 Å². The summed E-state index contributed by atoms with van der Waals surface area (Å²) in [6, 6.07) is 7.93. The van der Waals surface area contributed by atoms with E-state index >= 15 is 0 Å². The summed E-state index contributed by atoms with van der Waals surface area (Å²) in [6.07, 6.45) is 6.09. The Bertz CT molecular complexity index is 926. The molecule has 1 unspecified atom stereocenters. The van der Waals surface area contributed by atoms with E-state index in [2.05, 4.69) is 6.07 Å². The molecule has 2 heterocycles. The average Bonchev–Trinajstić information content (AvgIpc) is 3.20. The Morgan fingerprint density at radius 1 is 1.19 bits per heavy atom. The standard InChI is InChI=1S/C21H21ClO4S/c1-21(19(24)18(23)20(25)26-21)16-8-7-13(12-5-3-2-4-6-12)9-15(16)14-10-17(22)27-11-14/h7-12,23-24H,2-6H2,1H3. The van der Waals surface area contributed by atoms with Crippen LogP contribution in [-0.4, -0.2) is 16.2 Å². The van der Waals surface area contributed by atoms with Gasteiger partial charge in [0.2, 0.25) is 5.76 Å². The lowest BCUT2D eigenvalue weighted by atomic mass is 9.80. The zero-order valence-electron chi connectivity index (χ0n) is 15.0. The molecule has 4 rings (SSSR count). The fourth-order valence-corrected chi connectivity index (χ4v) is 5.03. The highest BCUT2D eigenvalue weighted by Crippen LogP contribution is 2.46. The second-order valence-corrected chi connectivity index (χ2v) is 8.94. The number of thiophene rings is 1. The van der Waals surface area contributed by atoms with E-state index in [0.717, 1.165) is 11.1 Å². The molecule has 1 aliphatic carbocycles. The largest absolute Gasteiger partial charge is 0.505 e. The smallest absolute Gasteiger partial charge is 0.378 e. The van der Waals surface area contributed by atoms with Gasteiger partial charge < -0.3 is 14.9 Å². The van der Waals surface area contributed by atoms with Crippen molar-refractivity contribution >= 4 is 28.9 Å². The Labute approximate surface area is 167 Å². The summed E-state index contributed by atoms with van der Waals surface area (Å²) >= 11 is 7.58. The molecule has 1 fully saturated rings. The molecule has 0 saturated heterocycles. The molecule has 0 amide bonds. The number of rotatable bonds is 3. The van der Waals surface area contributed by atoms with Crippen molar-refractivity contribution in [3.8, 4) is 11.1 Å². The van der Waals surface area contributed by atoms with Crippen molar-refractivity contribution in [2.45, 2.75) is 50.5 Å². The maximum absolute atomic E-state index is 11.8. The second kappa shape index (κ2) is 6.88. The number of ether oxygens (including phenoxy) is 1. The summed E-state index contributed by atoms with van der Waals surface area (Å²) in [5.74, 6) is -1.60. The van der Waals surface area contributed by atoms with Gasteiger partial charge in [0.1, 0.15) is 0 Å². The van der Waals surface area contributed by atoms with Crippen LogP contribution in [0.1, 0.15) is 56.1 Å². The van der Waals surface area contributed by atoms with Crippen molar-refractivity contribution in [1.82, 2.24) is 0 Å². The van der Waals surface area contributed by atoms with Gasteiger partial charge in [0, 0.05) is 10.9 Å². The molecule has 1 aliphatic heterocycles. The van der Waals surface area contributed by atoms with E-state index < -0.39 is 23.1 Å². The maximum atomic E-state index is 11.8. The number of hydrogen-bond donors (Lipinski definition) is 2. The zero-order chi connectivity index (χ0) is 19.2. The van der Waals surface area contributed by atoms with Crippen molar-refractivity contribution in [2.75, 3.05) is 0 Å². The van der Waals surface area contributed by atoms with Crippen LogP contribution in [0, 0.1) is 0 Å². The van der Waals surface area contributed by atoms with Crippen LogP contribution in [0.15, 0.2) is 41.2 Å². The summed E-state index contributed by atoms with van der Waals surface area (Å²) in [5, 5.41) is 22.2. The van der Waals surface area contributed by atoms with E-state index in [1.54, 1.807) is 6.92 Å². The molecule has 2 aliphatic rings. The number of carbonyl (C=O) groups excluding carboxylic acids is 1. The quantitative estimate of drug-likeness (QED) is 0.596. The number of hydrogen-bond acceptors (Lipinski definition) is 5. The highest BCUT2D eigenvalue weighted by atomic mass is 35.5. The van der Waals surface area contributed by atoms with E-state index in [1.807, 2.05) is 23.6 Å². The van der Waals surface area contributed by atoms with E-state index in [9.17, 15) is 15.0 Å². The van der Waals surface area contributed by atoms with Crippen molar-refractivity contribution in [3.05, 3.63) is 56.6 Å². The van der Waals surface area contributed by atoms with Gasteiger partial charge in [-0.2, -0.15) is 0 Å². The summed E-state index contributed by atoms with van der Waals surface area (Å²) in [7, 11) is 0. The summed E-state index contributed by atoms with van der Waals surface area (Å²) in [6.45, 7) is 1.59. The van der Waals surface area contributed by atoms with Crippen LogP contribution >= 0.6 is 22.9 Å². The molecule has 1 atom stereocenters. The first-order valence-corrected chi connectivity index (χ1v) is 10.4. The molecular weight excluding hydrogens is 384 g/mol. The van der Waals surface area contributed by atoms with Gasteiger partial charge in [-0.3, -0.25) is 0 Å². The van der Waals surface area contributed by atoms with Crippen molar-refractivity contribution in [2.24, 2.45) is 0 Å². The summed E-state index contributed by atoms with van der Waals surface area (Å²) in [5.41, 5.74) is 2.23. The number of halogens is 1. The van der Waals surface area contributed by atoms with Gasteiger partial charge in [-0.05, 0) is 48.4 Å². The fraction of sp³-hybridized carbons (Fsp3) is 0.381. The molecule has 6 heteroatoms. The van der Waals surface area contributed by atoms with Gasteiger partial charge in [-0.1, -0.05) is 49.1 Å². The average molecular weight is 405 g/mol. The predicted octanol–water partition coefficient (Wildman–Crippen LogP) is 6.22. The van der Waals surface area contributed by atoms with Crippen molar-refractivity contribution in [1.29, 1.82) is 0 Å². The number of aliphatic hydroxyl groups is 2. The zero-order valence-corrected chi connectivity index (χ0v) is 16.6. The highest BCUT2D eigenvalue weighted by molar-refractivity contribution is 7.14. The van der Waals surface area contributed by atoms with Gasteiger partial charge in [-0.15, -0.1) is 11.3 Å². The molecule has 27 heavy (non-hydrogen) atoms. The fourth-order valence-electron chi connectivity index (χ4n) is 4.15. The van der Waals surface area contributed by atoms with Gasteiger partial charge >= 0.3 is 5.97 Å². The number of benzene rings is 1. The lowest BCUT2D eigenvalue weighted by molar-refractivity contribution is -0.149. The van der Waals surface area contributed by atoms with Crippen LogP contribution in [0.4, 0.5) is 0 Å². The van der Waals surface area contributed by atoms with Gasteiger partial charge in [-0.25, -0.2) is 4.79 Å². The third-order valence-electron chi connectivity index (χ3n) is 5.68. The third kappa shape index (κ3) is 3.13. The molecule has 2 N–H and O–H groups in total. The first-order valence-electron chi connectivity index (χ1n) is 9.15. The molecule has 4 nitrogen and oxygen atoms in total. The SMILES string of the molecule is CC1(c2ccc(C3CCCCC3)cc2-c2csc(Cl)c2)OC(=O)C(O)=C1O. The van der Waals surface area contributed by atoms with Crippen LogP contribution in [0.5, 0.6) is 0 Å². The van der Waals surface area contributed by atoms with Crippen molar-refractivity contribution in [3.63, 3.8) is 0 Å². The molecule has 0 spiro atoms. The Morgan fingerprint density at radius 3 is 2.52 bits per heavy atom. The predicted molar refractivity (Wildman–Crippen MR) is 106 cm³/mol. The van der Waals surface area contributed by atoms with Crippen LogP contribution in [0.3, 0.4) is 0 Å². The number of carbonyl (C=O) groups is 1. The van der Waals surface area contributed by atoms with Crippen LogP contribution < -0.4 is 0 Å². The lowest BCUT2D eigenvalue weighted by Crippen LogP contribution is -2.26. The van der Waals surface area contributed by atoms with Crippen molar-refractivity contribution < 1.29 is 19.7 Å². The topological polar surface area (TPSA) is 66.8 Å². The molecule has 1 aromatic carbocycles. The molecule has 1 aromatic heterocycles. The molecule has 0 radical (unpaired) electrons. The minimum absolute atomic E-state index is 0.458. The molecule has 1 saturated carbocycles. The van der Waals surface area contributed by atoms with Gasteiger partial charge in [0.15, 0.2) is 11.4 Å². The minimum atomic E-state index is -1.42. The molecule has 2 aromatic rings. The third-order valence-corrected chi connectivity index (χ3v) is 6.77. The van der Waals surface area contributed by atoms with E-state index in [4.69, 9.17) is 16.3 Å².